The zero-order valence-corrected chi connectivity index (χ0v) is 11.9. The van der Waals surface area contributed by atoms with Gasteiger partial charge in [-0.1, -0.05) is 0 Å². The maximum absolute atomic E-state index is 13.6. The van der Waals surface area contributed by atoms with E-state index in [1.807, 2.05) is 4.74 Å². The lowest BCUT2D eigenvalue weighted by Crippen LogP contribution is -2.62. The number of alkyl halides is 11. The molecule has 0 amide bonds. The Kier molecular flexibility index (Phi) is 5.55. The molecule has 0 fully saturated rings. The Morgan fingerprint density at radius 1 is 0.708 bits per heavy atom. The fourth-order valence-electron chi connectivity index (χ4n) is 0.965. The van der Waals surface area contributed by atoms with Crippen LogP contribution in [0.4, 0.5) is 48.3 Å². The van der Waals surface area contributed by atoms with Gasteiger partial charge in [0.2, 0.25) is 0 Å². The monoisotopic (exact) mass is 386 g/mol. The summed E-state index contributed by atoms with van der Waals surface area (Å²) in [5, 5.41) is 0. The molecule has 0 N–H and O–H groups in total. The molecule has 0 aliphatic heterocycles. The summed E-state index contributed by atoms with van der Waals surface area (Å²) in [5.41, 5.74) is -1.94. The average Bonchev–Trinajstić information content (AvgIpc) is 2.22. The van der Waals surface area contributed by atoms with E-state index in [9.17, 15) is 53.1 Å². The van der Waals surface area contributed by atoms with E-state index in [1.165, 1.54) is 0 Å². The highest BCUT2D eigenvalue weighted by Gasteiger charge is 2.80. The third-order valence-corrected chi connectivity index (χ3v) is 2.02. The molecule has 144 valence electrons. The van der Waals surface area contributed by atoms with Crippen LogP contribution in [0.25, 0.3) is 0 Å². The number of hydrogen-bond acceptors (Lipinski definition) is 3. The van der Waals surface area contributed by atoms with Crippen LogP contribution in [0.5, 0.6) is 0 Å². The van der Waals surface area contributed by atoms with E-state index in [4.69, 9.17) is 0 Å². The van der Waals surface area contributed by atoms with Crippen LogP contribution < -0.4 is 0 Å². The van der Waals surface area contributed by atoms with E-state index >= 15 is 0 Å². The number of hydrogen-bond donors (Lipinski definition) is 0. The Hall–Kier alpha value is -1.34. The zero-order valence-electron chi connectivity index (χ0n) is 11.9. The van der Waals surface area contributed by atoms with Crippen LogP contribution in [0.1, 0.15) is 20.8 Å². The number of ether oxygens (including phenoxy) is 2. The molecule has 14 heteroatoms. The highest BCUT2D eigenvalue weighted by Crippen LogP contribution is 2.51. The minimum absolute atomic E-state index is 0.837. The molecule has 0 radical (unpaired) electrons. The number of carbonyl (C=O) groups excluding carboxylic acids is 1. The fourth-order valence-corrected chi connectivity index (χ4v) is 0.965. The highest BCUT2D eigenvalue weighted by molar-refractivity contribution is 5.79. The fraction of sp³-hybridized carbons (Fsp3) is 0.900. The molecular weight excluding hydrogens is 377 g/mol. The van der Waals surface area contributed by atoms with Gasteiger partial charge in [0, 0.05) is 0 Å². The van der Waals surface area contributed by atoms with E-state index in [1.54, 1.807) is 0 Å². The first-order valence-corrected chi connectivity index (χ1v) is 5.60. The molecular formula is C10H9F11O3. The Bertz CT molecular complexity index is 474. The first kappa shape index (κ1) is 22.7. The summed E-state index contributed by atoms with van der Waals surface area (Å²) < 4.78 is 143. The Morgan fingerprint density at radius 2 is 1.08 bits per heavy atom. The van der Waals surface area contributed by atoms with Gasteiger partial charge in [0.25, 0.3) is 0 Å². The van der Waals surface area contributed by atoms with Crippen LogP contribution in [0.2, 0.25) is 0 Å². The van der Waals surface area contributed by atoms with Crippen LogP contribution in [-0.2, 0) is 14.3 Å². The van der Waals surface area contributed by atoms with Gasteiger partial charge in [-0.15, -0.1) is 0 Å². The van der Waals surface area contributed by atoms with Crippen molar-refractivity contribution in [3.8, 4) is 0 Å². The van der Waals surface area contributed by atoms with Crippen molar-refractivity contribution in [2.24, 2.45) is 0 Å². The van der Waals surface area contributed by atoms with Crippen molar-refractivity contribution in [2.45, 2.75) is 56.6 Å². The van der Waals surface area contributed by atoms with Crippen LogP contribution in [0.3, 0.4) is 0 Å². The van der Waals surface area contributed by atoms with Gasteiger partial charge in [-0.25, -0.2) is 4.79 Å². The highest BCUT2D eigenvalue weighted by atomic mass is 19.4. The van der Waals surface area contributed by atoms with Crippen molar-refractivity contribution in [2.75, 3.05) is 0 Å². The molecule has 3 nitrogen and oxygen atoms in total. The lowest BCUT2D eigenvalue weighted by Gasteiger charge is -2.34. The minimum atomic E-state index is -7.23. The largest absolute Gasteiger partial charge is 0.462 e. The summed E-state index contributed by atoms with van der Waals surface area (Å²) in [7, 11) is 0. The lowest BCUT2D eigenvalue weighted by molar-refractivity contribution is -0.475. The average molecular weight is 386 g/mol. The van der Waals surface area contributed by atoms with Crippen LogP contribution in [0, 0.1) is 0 Å². The summed E-state index contributed by atoms with van der Waals surface area (Å²) in [6.45, 7) is 2.51. The van der Waals surface area contributed by atoms with Gasteiger partial charge in [0.15, 0.2) is 0 Å². The van der Waals surface area contributed by atoms with Crippen molar-refractivity contribution < 1.29 is 62.6 Å². The Balaban J connectivity index is 5.96. The second-order valence-electron chi connectivity index (χ2n) is 5.29. The third-order valence-electron chi connectivity index (χ3n) is 2.02. The van der Waals surface area contributed by atoms with Gasteiger partial charge in [-0.2, -0.15) is 48.3 Å². The quantitative estimate of drug-likeness (QED) is 0.532. The van der Waals surface area contributed by atoms with Crippen molar-refractivity contribution in [3.63, 3.8) is 0 Å². The normalized spacial score (nSPS) is 17.4. The molecule has 0 aromatic heterocycles. The molecule has 0 saturated carbocycles. The molecule has 0 heterocycles. The van der Waals surface area contributed by atoms with Gasteiger partial charge in [0.1, 0.15) is 5.60 Å². The first-order chi connectivity index (χ1) is 10.1. The molecule has 0 saturated heterocycles. The van der Waals surface area contributed by atoms with Crippen molar-refractivity contribution in [1.82, 2.24) is 0 Å². The molecule has 1 atom stereocenters. The van der Waals surface area contributed by atoms with Gasteiger partial charge in [-0.3, -0.25) is 4.74 Å². The molecule has 0 aliphatic rings. The molecule has 0 aromatic carbocycles. The SMILES string of the molecule is CC(C)(C)OC(=O)C(F)(OC(F)(F)C(F)(F)C(F)(F)F)C(F)(F)F. The molecule has 0 bridgehead atoms. The van der Waals surface area contributed by atoms with Crippen LogP contribution >= 0.6 is 0 Å². The number of rotatable bonds is 4. The maximum Gasteiger partial charge on any atom is 0.462 e. The van der Waals surface area contributed by atoms with E-state index in [0.717, 1.165) is 20.8 Å². The van der Waals surface area contributed by atoms with Crippen molar-refractivity contribution in [1.29, 1.82) is 0 Å². The summed E-state index contributed by atoms with van der Waals surface area (Å²) in [6.07, 6.45) is -20.9. The number of esters is 1. The van der Waals surface area contributed by atoms with E-state index in [-0.39, 0.29) is 0 Å². The van der Waals surface area contributed by atoms with Gasteiger partial charge in [-0.05, 0) is 20.8 Å². The molecule has 1 unspecified atom stereocenters. The van der Waals surface area contributed by atoms with E-state index in [0.29, 0.717) is 0 Å². The second-order valence-corrected chi connectivity index (χ2v) is 5.29. The number of carbonyl (C=O) groups is 1. The summed E-state index contributed by atoms with van der Waals surface area (Å²) in [5.74, 6) is -16.8. The zero-order chi connectivity index (χ0) is 20.0. The predicted molar refractivity (Wildman–Crippen MR) is 52.8 cm³/mol. The van der Waals surface area contributed by atoms with E-state index < -0.39 is 41.8 Å². The maximum atomic E-state index is 13.6. The topological polar surface area (TPSA) is 35.5 Å². The smallest absolute Gasteiger partial charge is 0.455 e. The van der Waals surface area contributed by atoms with Gasteiger partial charge < -0.3 is 4.74 Å². The van der Waals surface area contributed by atoms with Gasteiger partial charge in [0.05, 0.1) is 0 Å². The van der Waals surface area contributed by atoms with E-state index in [2.05, 4.69) is 4.74 Å². The Morgan fingerprint density at radius 3 is 1.33 bits per heavy atom. The molecule has 0 rings (SSSR count). The van der Waals surface area contributed by atoms with Crippen LogP contribution in [-0.4, -0.2) is 41.8 Å². The second kappa shape index (κ2) is 5.88. The molecule has 24 heavy (non-hydrogen) atoms. The standard InChI is InChI=1S/C10H9F11O3/c1-5(2,3)23-4(22)6(11,8(14,15)16)24-10(20,21)7(12,13)9(17,18)19/h1-3H3. The lowest BCUT2D eigenvalue weighted by atomic mass is 10.2. The molecule has 0 aromatic rings. The van der Waals surface area contributed by atoms with Crippen molar-refractivity contribution in [3.05, 3.63) is 0 Å². The van der Waals surface area contributed by atoms with Crippen LogP contribution in [0.15, 0.2) is 0 Å². The van der Waals surface area contributed by atoms with Crippen molar-refractivity contribution >= 4 is 5.97 Å². The first-order valence-electron chi connectivity index (χ1n) is 5.60. The molecule has 0 spiro atoms. The summed E-state index contributed by atoms with van der Waals surface area (Å²) in [4.78, 5) is 11.1. The van der Waals surface area contributed by atoms with Gasteiger partial charge >= 0.3 is 36.2 Å². The Labute approximate surface area is 126 Å². The minimum Gasteiger partial charge on any atom is -0.455 e. The summed E-state index contributed by atoms with van der Waals surface area (Å²) >= 11 is 0. The summed E-state index contributed by atoms with van der Waals surface area (Å²) in [6, 6.07) is 0. The number of halogens is 11. The predicted octanol–water partition coefficient (Wildman–Crippen LogP) is 4.36. The molecule has 0 aliphatic carbocycles. The third kappa shape index (κ3) is 4.39.